The lowest BCUT2D eigenvalue weighted by Crippen LogP contribution is -2.25. The van der Waals surface area contributed by atoms with Gasteiger partial charge in [-0.05, 0) is 69.9 Å². The van der Waals surface area contributed by atoms with Gasteiger partial charge >= 0.3 is 0 Å². The lowest BCUT2D eigenvalue weighted by Gasteiger charge is -2.16. The van der Waals surface area contributed by atoms with Gasteiger partial charge in [0.25, 0.3) is 9.05 Å². The van der Waals surface area contributed by atoms with Crippen LogP contribution in [0.25, 0.3) is 0 Å². The summed E-state index contributed by atoms with van der Waals surface area (Å²) in [6.45, 7) is 3.67. The van der Waals surface area contributed by atoms with E-state index in [0.717, 1.165) is 19.6 Å². The van der Waals surface area contributed by atoms with Crippen LogP contribution < -0.4 is 4.74 Å². The zero-order valence-corrected chi connectivity index (χ0v) is 15.4. The van der Waals surface area contributed by atoms with Gasteiger partial charge in [0.05, 0.1) is 13.8 Å². The van der Waals surface area contributed by atoms with E-state index in [1.54, 1.807) is 0 Å². The summed E-state index contributed by atoms with van der Waals surface area (Å²) in [4.78, 5) is 2.38. The van der Waals surface area contributed by atoms with Crippen molar-refractivity contribution in [2.45, 2.75) is 17.7 Å². The Balaban J connectivity index is 2.04. The largest absolute Gasteiger partial charge is 0.490 e. The molecule has 1 aromatic rings. The molecule has 0 amide bonds. The minimum Gasteiger partial charge on any atom is -0.490 e. The topological polar surface area (TPSA) is 46.6 Å². The van der Waals surface area contributed by atoms with Crippen molar-refractivity contribution >= 4 is 51.6 Å². The van der Waals surface area contributed by atoms with E-state index in [2.05, 4.69) is 36.8 Å². The Morgan fingerprint density at radius 1 is 1.20 bits per heavy atom. The van der Waals surface area contributed by atoms with Crippen LogP contribution >= 0.6 is 42.5 Å². The molecule has 2 rings (SSSR count). The summed E-state index contributed by atoms with van der Waals surface area (Å²) in [6, 6.07) is 2.89. The first kappa shape index (κ1) is 16.5. The fourth-order valence-corrected chi connectivity index (χ4v) is 4.60. The smallest absolute Gasteiger partial charge is 0.261 e. The van der Waals surface area contributed by atoms with Crippen LogP contribution in [0.2, 0.25) is 0 Å². The van der Waals surface area contributed by atoms with Crippen LogP contribution in [0.15, 0.2) is 26.0 Å². The van der Waals surface area contributed by atoms with Crippen molar-refractivity contribution in [2.24, 2.45) is 0 Å². The highest BCUT2D eigenvalue weighted by Gasteiger charge is 2.17. The number of hydrogen-bond acceptors (Lipinski definition) is 4. The Morgan fingerprint density at radius 3 is 2.25 bits per heavy atom. The second kappa shape index (κ2) is 6.96. The molecule has 1 saturated heterocycles. The predicted octanol–water partition coefficient (Wildman–Crippen LogP) is 3.61. The molecule has 4 nitrogen and oxygen atoms in total. The van der Waals surface area contributed by atoms with Crippen molar-refractivity contribution in [3.05, 3.63) is 21.1 Å². The quantitative estimate of drug-likeness (QED) is 0.647. The van der Waals surface area contributed by atoms with E-state index in [4.69, 9.17) is 15.4 Å². The average molecular weight is 448 g/mol. The maximum Gasteiger partial charge on any atom is 0.261 e. The standard InChI is InChI=1S/C12H14Br2ClNO3S/c13-10-7-9(20(15,17)18)8-11(14)12(10)19-6-5-16-3-1-2-4-16/h7-8H,1-6H2. The van der Waals surface area contributed by atoms with Crippen LogP contribution in [-0.4, -0.2) is 39.6 Å². The van der Waals surface area contributed by atoms with Crippen molar-refractivity contribution in [3.63, 3.8) is 0 Å². The molecule has 0 unspecified atom stereocenters. The molecule has 0 spiro atoms. The van der Waals surface area contributed by atoms with Gasteiger partial charge in [0.2, 0.25) is 0 Å². The van der Waals surface area contributed by atoms with E-state index < -0.39 is 9.05 Å². The van der Waals surface area contributed by atoms with E-state index in [0.29, 0.717) is 21.3 Å². The van der Waals surface area contributed by atoms with Crippen LogP contribution in [0.4, 0.5) is 0 Å². The van der Waals surface area contributed by atoms with Crippen LogP contribution in [-0.2, 0) is 9.05 Å². The van der Waals surface area contributed by atoms with E-state index in [9.17, 15) is 8.42 Å². The number of halogens is 3. The molecular weight excluding hydrogens is 433 g/mol. The van der Waals surface area contributed by atoms with Crippen LogP contribution in [0.3, 0.4) is 0 Å². The third kappa shape index (κ3) is 4.34. The number of hydrogen-bond donors (Lipinski definition) is 0. The Hall–Kier alpha value is 0.180. The first-order valence-corrected chi connectivity index (χ1v) is 10.1. The molecule has 1 heterocycles. The highest BCUT2D eigenvalue weighted by molar-refractivity contribution is 9.11. The lowest BCUT2D eigenvalue weighted by molar-refractivity contribution is 0.236. The van der Waals surface area contributed by atoms with Gasteiger partial charge in [0.1, 0.15) is 12.4 Å². The van der Waals surface area contributed by atoms with Gasteiger partial charge in [-0.1, -0.05) is 0 Å². The van der Waals surface area contributed by atoms with Gasteiger partial charge in [0.15, 0.2) is 0 Å². The summed E-state index contributed by atoms with van der Waals surface area (Å²) < 4.78 is 29.5. The van der Waals surface area contributed by atoms with E-state index >= 15 is 0 Å². The monoisotopic (exact) mass is 445 g/mol. The summed E-state index contributed by atoms with van der Waals surface area (Å²) in [5, 5.41) is 0. The number of likely N-dealkylation sites (tertiary alicyclic amines) is 1. The minimum atomic E-state index is -3.75. The fourth-order valence-electron chi connectivity index (χ4n) is 2.10. The van der Waals surface area contributed by atoms with Crippen LogP contribution in [0.5, 0.6) is 5.75 Å². The molecule has 112 valence electrons. The van der Waals surface area contributed by atoms with E-state index in [1.807, 2.05) is 0 Å². The highest BCUT2D eigenvalue weighted by Crippen LogP contribution is 2.36. The van der Waals surface area contributed by atoms with Gasteiger partial charge in [-0.3, -0.25) is 4.90 Å². The second-order valence-corrected chi connectivity index (χ2v) is 8.83. The first-order valence-electron chi connectivity index (χ1n) is 6.17. The van der Waals surface area contributed by atoms with Crippen LogP contribution in [0, 0.1) is 0 Å². The molecule has 0 atom stereocenters. The Kier molecular flexibility index (Phi) is 5.76. The molecule has 0 N–H and O–H groups in total. The van der Waals surface area contributed by atoms with Crippen molar-refractivity contribution in [2.75, 3.05) is 26.2 Å². The molecule has 1 fully saturated rings. The maximum absolute atomic E-state index is 11.3. The molecule has 20 heavy (non-hydrogen) atoms. The summed E-state index contributed by atoms with van der Waals surface area (Å²) >= 11 is 6.62. The molecule has 0 aromatic heterocycles. The highest BCUT2D eigenvalue weighted by atomic mass is 79.9. The molecule has 0 radical (unpaired) electrons. The van der Waals surface area contributed by atoms with E-state index in [-0.39, 0.29) is 4.90 Å². The molecule has 1 aromatic carbocycles. The summed E-state index contributed by atoms with van der Waals surface area (Å²) in [5.74, 6) is 0.591. The molecule has 1 aliphatic heterocycles. The fraction of sp³-hybridized carbons (Fsp3) is 0.500. The third-order valence-electron chi connectivity index (χ3n) is 3.11. The Bertz CT molecular complexity index is 565. The maximum atomic E-state index is 11.3. The van der Waals surface area contributed by atoms with Crippen LogP contribution in [0.1, 0.15) is 12.8 Å². The summed E-state index contributed by atoms with van der Waals surface area (Å²) in [6.07, 6.45) is 2.49. The molecule has 1 aliphatic rings. The van der Waals surface area contributed by atoms with Gasteiger partial charge in [-0.25, -0.2) is 8.42 Å². The van der Waals surface area contributed by atoms with Gasteiger partial charge in [-0.15, -0.1) is 0 Å². The van der Waals surface area contributed by atoms with Crippen molar-refractivity contribution in [1.82, 2.24) is 4.90 Å². The molecule has 0 saturated carbocycles. The lowest BCUT2D eigenvalue weighted by atomic mass is 10.3. The third-order valence-corrected chi connectivity index (χ3v) is 5.62. The van der Waals surface area contributed by atoms with Crippen molar-refractivity contribution in [1.29, 1.82) is 0 Å². The zero-order chi connectivity index (χ0) is 14.8. The van der Waals surface area contributed by atoms with Crippen molar-refractivity contribution < 1.29 is 13.2 Å². The average Bonchev–Trinajstić information content (AvgIpc) is 2.84. The van der Waals surface area contributed by atoms with Gasteiger partial charge in [-0.2, -0.15) is 0 Å². The minimum absolute atomic E-state index is 0.0322. The summed E-state index contributed by atoms with van der Waals surface area (Å²) in [7, 11) is 1.58. The Morgan fingerprint density at radius 2 is 1.75 bits per heavy atom. The zero-order valence-electron chi connectivity index (χ0n) is 10.6. The number of rotatable bonds is 5. The van der Waals surface area contributed by atoms with Crippen molar-refractivity contribution in [3.8, 4) is 5.75 Å². The number of nitrogens with zero attached hydrogens (tertiary/aromatic N) is 1. The first-order chi connectivity index (χ1) is 9.38. The normalized spacial score (nSPS) is 16.6. The van der Waals surface area contributed by atoms with Gasteiger partial charge in [0, 0.05) is 17.2 Å². The molecule has 8 heteroatoms. The predicted molar refractivity (Wildman–Crippen MR) is 86.0 cm³/mol. The number of benzene rings is 1. The Labute approximate surface area is 140 Å². The molecule has 0 aliphatic carbocycles. The second-order valence-electron chi connectivity index (χ2n) is 4.55. The number of ether oxygens (including phenoxy) is 1. The van der Waals surface area contributed by atoms with Gasteiger partial charge < -0.3 is 4.74 Å². The summed E-state index contributed by atoms with van der Waals surface area (Å²) in [5.41, 5.74) is 0. The molecule has 0 bridgehead atoms. The van der Waals surface area contributed by atoms with E-state index in [1.165, 1.54) is 25.0 Å². The SMILES string of the molecule is O=S(=O)(Cl)c1cc(Br)c(OCCN2CCCC2)c(Br)c1. The molecular formula is C12H14Br2ClNO3S.